The van der Waals surface area contributed by atoms with E-state index in [1.165, 1.54) is 0 Å². The second-order valence-electron chi connectivity index (χ2n) is 2.98. The Balaban J connectivity index is 2.76. The lowest BCUT2D eigenvalue weighted by Gasteiger charge is -2.11. The summed E-state index contributed by atoms with van der Waals surface area (Å²) in [5, 5.41) is 3.47. The molecule has 0 aromatic heterocycles. The third-order valence-electron chi connectivity index (χ3n) is 1.75. The number of halogens is 3. The summed E-state index contributed by atoms with van der Waals surface area (Å²) < 4.78 is 28.9. The normalized spacial score (nSPS) is 10.7. The number of ether oxygens (including phenoxy) is 1. The van der Waals surface area contributed by atoms with Crippen LogP contribution >= 0.6 is 11.6 Å². The zero-order valence-electron chi connectivity index (χ0n) is 8.27. The molecule has 0 aliphatic heterocycles. The van der Waals surface area contributed by atoms with Crippen molar-refractivity contribution in [1.29, 1.82) is 0 Å². The molecule has 0 aliphatic carbocycles. The molecule has 0 bridgehead atoms. The quantitative estimate of drug-likeness (QED) is 0.847. The first-order valence-corrected chi connectivity index (χ1v) is 4.85. The monoisotopic (exact) mass is 235 g/mol. The lowest BCUT2D eigenvalue weighted by Crippen LogP contribution is -2.11. The minimum Gasteiger partial charge on any atom is -0.487 e. The van der Waals surface area contributed by atoms with E-state index in [0.29, 0.717) is 17.3 Å². The smallest absolute Gasteiger partial charge is 0.272 e. The number of benzene rings is 1. The van der Waals surface area contributed by atoms with E-state index in [1.54, 1.807) is 25.2 Å². The van der Waals surface area contributed by atoms with Crippen molar-refractivity contribution in [2.75, 3.05) is 13.7 Å². The predicted octanol–water partition coefficient (Wildman–Crippen LogP) is 2.70. The molecule has 15 heavy (non-hydrogen) atoms. The van der Waals surface area contributed by atoms with E-state index < -0.39 is 13.0 Å². The maximum atomic E-state index is 12.0. The Morgan fingerprint density at radius 3 is 2.80 bits per heavy atom. The van der Waals surface area contributed by atoms with Crippen LogP contribution in [-0.2, 0) is 6.54 Å². The first-order valence-electron chi connectivity index (χ1n) is 4.47. The molecule has 5 heteroatoms. The summed E-state index contributed by atoms with van der Waals surface area (Å²) in [5.41, 5.74) is 0.769. The molecule has 0 spiro atoms. The van der Waals surface area contributed by atoms with Gasteiger partial charge in [-0.3, -0.25) is 0 Å². The van der Waals surface area contributed by atoms with Gasteiger partial charge in [0, 0.05) is 17.1 Å². The standard InChI is InChI=1S/C10H12ClF2NO/c1-14-5-7-4-8(11)2-3-9(7)15-6-10(12)13/h2-4,10,14H,5-6H2,1H3. The van der Waals surface area contributed by atoms with Crippen LogP contribution in [0.5, 0.6) is 5.75 Å². The van der Waals surface area contributed by atoms with Gasteiger partial charge in [-0.05, 0) is 25.2 Å². The van der Waals surface area contributed by atoms with Crippen molar-refractivity contribution in [3.63, 3.8) is 0 Å². The van der Waals surface area contributed by atoms with Crippen LogP contribution in [0.1, 0.15) is 5.56 Å². The molecule has 1 rings (SSSR count). The molecule has 0 fully saturated rings. The number of hydrogen-bond donors (Lipinski definition) is 1. The molecule has 1 aromatic rings. The second-order valence-corrected chi connectivity index (χ2v) is 3.42. The fraction of sp³-hybridized carbons (Fsp3) is 0.400. The average molecular weight is 236 g/mol. The molecule has 0 unspecified atom stereocenters. The van der Waals surface area contributed by atoms with Crippen LogP contribution in [0.25, 0.3) is 0 Å². The van der Waals surface area contributed by atoms with Crippen molar-refractivity contribution in [1.82, 2.24) is 5.32 Å². The van der Waals surface area contributed by atoms with Crippen molar-refractivity contribution in [3.8, 4) is 5.75 Å². The van der Waals surface area contributed by atoms with Gasteiger partial charge in [-0.2, -0.15) is 0 Å². The van der Waals surface area contributed by atoms with Gasteiger partial charge in [0.1, 0.15) is 12.4 Å². The van der Waals surface area contributed by atoms with E-state index in [2.05, 4.69) is 5.32 Å². The summed E-state index contributed by atoms with van der Waals surface area (Å²) in [6.07, 6.45) is -2.47. The van der Waals surface area contributed by atoms with Gasteiger partial charge >= 0.3 is 0 Å². The summed E-state index contributed by atoms with van der Waals surface area (Å²) in [5.74, 6) is 0.439. The highest BCUT2D eigenvalue weighted by molar-refractivity contribution is 6.30. The van der Waals surface area contributed by atoms with Crippen LogP contribution in [0.4, 0.5) is 8.78 Å². The second kappa shape index (κ2) is 5.88. The van der Waals surface area contributed by atoms with Crippen molar-refractivity contribution >= 4 is 11.6 Å². The third-order valence-corrected chi connectivity index (χ3v) is 1.99. The first-order chi connectivity index (χ1) is 7.13. The largest absolute Gasteiger partial charge is 0.487 e. The molecular formula is C10H12ClF2NO. The summed E-state index contributed by atoms with van der Waals surface area (Å²) in [4.78, 5) is 0. The Labute approximate surface area is 92.2 Å². The highest BCUT2D eigenvalue weighted by Crippen LogP contribution is 2.23. The lowest BCUT2D eigenvalue weighted by atomic mass is 10.2. The van der Waals surface area contributed by atoms with Crippen LogP contribution in [0.3, 0.4) is 0 Å². The molecule has 0 amide bonds. The third kappa shape index (κ3) is 4.01. The number of alkyl halides is 2. The fourth-order valence-electron chi connectivity index (χ4n) is 1.17. The topological polar surface area (TPSA) is 21.3 Å². The van der Waals surface area contributed by atoms with E-state index in [1.807, 2.05) is 0 Å². The number of rotatable bonds is 5. The van der Waals surface area contributed by atoms with Gasteiger partial charge in [0.15, 0.2) is 0 Å². The van der Waals surface area contributed by atoms with Gasteiger partial charge < -0.3 is 10.1 Å². The van der Waals surface area contributed by atoms with Gasteiger partial charge in [0.25, 0.3) is 6.43 Å². The Kier molecular flexibility index (Phi) is 4.78. The highest BCUT2D eigenvalue weighted by atomic mass is 35.5. The van der Waals surface area contributed by atoms with E-state index in [4.69, 9.17) is 16.3 Å². The van der Waals surface area contributed by atoms with Gasteiger partial charge in [-0.15, -0.1) is 0 Å². The summed E-state index contributed by atoms with van der Waals surface area (Å²) in [6, 6.07) is 4.90. The Bertz CT molecular complexity index is 320. The lowest BCUT2D eigenvalue weighted by molar-refractivity contribution is 0.0814. The molecule has 84 valence electrons. The molecule has 1 aromatic carbocycles. The maximum Gasteiger partial charge on any atom is 0.272 e. The SMILES string of the molecule is CNCc1cc(Cl)ccc1OCC(F)F. The summed E-state index contributed by atoms with van der Waals surface area (Å²) >= 11 is 5.78. The first kappa shape index (κ1) is 12.2. The Morgan fingerprint density at radius 2 is 2.20 bits per heavy atom. The van der Waals surface area contributed by atoms with Crippen LogP contribution in [0.15, 0.2) is 18.2 Å². The van der Waals surface area contributed by atoms with Crippen LogP contribution in [-0.4, -0.2) is 20.1 Å². The van der Waals surface area contributed by atoms with Gasteiger partial charge in [-0.25, -0.2) is 8.78 Å². The molecule has 0 saturated carbocycles. The molecule has 0 heterocycles. The minimum atomic E-state index is -2.47. The molecule has 0 aliphatic rings. The Morgan fingerprint density at radius 1 is 1.47 bits per heavy atom. The molecule has 2 nitrogen and oxygen atoms in total. The zero-order valence-corrected chi connectivity index (χ0v) is 9.02. The molecule has 0 atom stereocenters. The minimum absolute atomic E-state index is 0.439. The van der Waals surface area contributed by atoms with E-state index in [0.717, 1.165) is 5.56 Å². The number of hydrogen-bond acceptors (Lipinski definition) is 2. The molecule has 1 N–H and O–H groups in total. The number of nitrogens with one attached hydrogen (secondary N) is 1. The molecular weight excluding hydrogens is 224 g/mol. The van der Waals surface area contributed by atoms with E-state index in [-0.39, 0.29) is 0 Å². The van der Waals surface area contributed by atoms with Crippen LogP contribution in [0, 0.1) is 0 Å². The zero-order chi connectivity index (χ0) is 11.3. The van der Waals surface area contributed by atoms with Crippen LogP contribution in [0.2, 0.25) is 5.02 Å². The van der Waals surface area contributed by atoms with Crippen molar-refractivity contribution in [2.45, 2.75) is 13.0 Å². The summed E-state index contributed by atoms with van der Waals surface area (Å²) in [7, 11) is 1.76. The van der Waals surface area contributed by atoms with Gasteiger partial charge in [0.2, 0.25) is 0 Å². The average Bonchev–Trinajstić information content (AvgIpc) is 2.17. The molecule has 0 radical (unpaired) electrons. The van der Waals surface area contributed by atoms with Gasteiger partial charge in [-0.1, -0.05) is 11.6 Å². The van der Waals surface area contributed by atoms with E-state index in [9.17, 15) is 8.78 Å². The van der Waals surface area contributed by atoms with Gasteiger partial charge in [0.05, 0.1) is 0 Å². The van der Waals surface area contributed by atoms with E-state index >= 15 is 0 Å². The highest BCUT2D eigenvalue weighted by Gasteiger charge is 2.07. The van der Waals surface area contributed by atoms with Crippen molar-refractivity contribution < 1.29 is 13.5 Å². The predicted molar refractivity (Wildman–Crippen MR) is 55.7 cm³/mol. The fourth-order valence-corrected chi connectivity index (χ4v) is 1.36. The summed E-state index contributed by atoms with van der Waals surface area (Å²) in [6.45, 7) is -0.0719. The van der Waals surface area contributed by atoms with Crippen molar-refractivity contribution in [2.24, 2.45) is 0 Å². The van der Waals surface area contributed by atoms with Crippen molar-refractivity contribution in [3.05, 3.63) is 28.8 Å². The Hall–Kier alpha value is -0.870. The molecule has 0 saturated heterocycles. The van der Waals surface area contributed by atoms with Crippen LogP contribution < -0.4 is 10.1 Å². The maximum absolute atomic E-state index is 12.0.